The lowest BCUT2D eigenvalue weighted by atomic mass is 9.98. The molecule has 0 saturated carbocycles. The SMILES string of the molecule is CCOC(=O)C(=Cc1ccc2c(c1)CCCN2C)C(=O)OCC. The first kappa shape index (κ1) is 17.1. The van der Waals surface area contributed by atoms with Gasteiger partial charge < -0.3 is 14.4 Å². The van der Waals surface area contributed by atoms with Gasteiger partial charge in [-0.1, -0.05) is 6.07 Å². The average Bonchev–Trinajstić information content (AvgIpc) is 2.53. The summed E-state index contributed by atoms with van der Waals surface area (Å²) >= 11 is 0. The highest BCUT2D eigenvalue weighted by Gasteiger charge is 2.21. The third-order valence-corrected chi connectivity index (χ3v) is 3.76. The van der Waals surface area contributed by atoms with E-state index < -0.39 is 11.9 Å². The van der Waals surface area contributed by atoms with Gasteiger partial charge in [0.25, 0.3) is 0 Å². The minimum absolute atomic E-state index is 0.0715. The molecule has 124 valence electrons. The molecule has 0 bridgehead atoms. The Morgan fingerprint density at radius 3 is 2.43 bits per heavy atom. The standard InChI is InChI=1S/C18H23NO4/c1-4-22-17(20)15(18(21)23-5-2)12-13-8-9-16-14(11-13)7-6-10-19(16)3/h8-9,11-12H,4-7,10H2,1-3H3. The van der Waals surface area contributed by atoms with Crippen LogP contribution < -0.4 is 4.90 Å². The van der Waals surface area contributed by atoms with E-state index in [2.05, 4.69) is 11.9 Å². The van der Waals surface area contributed by atoms with Crippen LogP contribution in [0.2, 0.25) is 0 Å². The summed E-state index contributed by atoms with van der Waals surface area (Å²) in [5.41, 5.74) is 3.15. The van der Waals surface area contributed by atoms with Gasteiger partial charge in [-0.3, -0.25) is 0 Å². The van der Waals surface area contributed by atoms with Crippen molar-refractivity contribution < 1.29 is 19.1 Å². The zero-order valence-corrected chi connectivity index (χ0v) is 13.9. The molecule has 0 spiro atoms. The molecule has 0 fully saturated rings. The van der Waals surface area contributed by atoms with Gasteiger partial charge in [0, 0.05) is 19.3 Å². The van der Waals surface area contributed by atoms with E-state index in [-0.39, 0.29) is 18.8 Å². The van der Waals surface area contributed by atoms with E-state index in [9.17, 15) is 9.59 Å². The van der Waals surface area contributed by atoms with Crippen molar-refractivity contribution in [2.24, 2.45) is 0 Å². The third-order valence-electron chi connectivity index (χ3n) is 3.76. The van der Waals surface area contributed by atoms with Crippen molar-refractivity contribution >= 4 is 23.7 Å². The maximum atomic E-state index is 12.0. The zero-order valence-electron chi connectivity index (χ0n) is 13.9. The van der Waals surface area contributed by atoms with Crippen molar-refractivity contribution in [2.45, 2.75) is 26.7 Å². The molecule has 1 aliphatic heterocycles. The molecule has 23 heavy (non-hydrogen) atoms. The number of ether oxygens (including phenoxy) is 2. The van der Waals surface area contributed by atoms with Crippen LogP contribution in [0.3, 0.4) is 0 Å². The molecule has 0 aromatic heterocycles. The lowest BCUT2D eigenvalue weighted by molar-refractivity contribution is -0.146. The highest BCUT2D eigenvalue weighted by atomic mass is 16.6. The lowest BCUT2D eigenvalue weighted by Gasteiger charge is -2.27. The Morgan fingerprint density at radius 2 is 1.83 bits per heavy atom. The average molecular weight is 317 g/mol. The van der Waals surface area contributed by atoms with E-state index in [0.29, 0.717) is 0 Å². The molecule has 0 radical (unpaired) electrons. The van der Waals surface area contributed by atoms with Gasteiger partial charge in [0.05, 0.1) is 13.2 Å². The fourth-order valence-corrected chi connectivity index (χ4v) is 2.68. The second-order valence-electron chi connectivity index (χ2n) is 5.41. The van der Waals surface area contributed by atoms with Gasteiger partial charge in [-0.2, -0.15) is 0 Å². The number of benzene rings is 1. The molecular formula is C18H23NO4. The molecule has 5 heteroatoms. The van der Waals surface area contributed by atoms with Crippen LogP contribution in [0.4, 0.5) is 5.69 Å². The zero-order chi connectivity index (χ0) is 16.8. The van der Waals surface area contributed by atoms with E-state index in [0.717, 1.165) is 24.9 Å². The van der Waals surface area contributed by atoms with Gasteiger partial charge in [0.1, 0.15) is 5.57 Å². The first-order chi connectivity index (χ1) is 11.1. The van der Waals surface area contributed by atoms with E-state index in [1.807, 2.05) is 18.2 Å². The molecule has 0 aliphatic carbocycles. The Morgan fingerprint density at radius 1 is 1.17 bits per heavy atom. The van der Waals surface area contributed by atoms with Gasteiger partial charge >= 0.3 is 11.9 Å². The smallest absolute Gasteiger partial charge is 0.345 e. The molecule has 1 heterocycles. The summed E-state index contributed by atoms with van der Waals surface area (Å²) in [6, 6.07) is 5.94. The van der Waals surface area contributed by atoms with Crippen LogP contribution in [-0.2, 0) is 25.5 Å². The molecule has 5 nitrogen and oxygen atoms in total. The normalized spacial score (nSPS) is 13.1. The maximum absolute atomic E-state index is 12.0. The number of carbonyl (C=O) groups excluding carboxylic acids is 2. The maximum Gasteiger partial charge on any atom is 0.345 e. The van der Waals surface area contributed by atoms with E-state index in [1.54, 1.807) is 19.9 Å². The van der Waals surface area contributed by atoms with Crippen LogP contribution >= 0.6 is 0 Å². The molecule has 0 saturated heterocycles. The summed E-state index contributed by atoms with van der Waals surface area (Å²) in [7, 11) is 2.07. The highest BCUT2D eigenvalue weighted by molar-refractivity contribution is 6.17. The number of anilines is 1. The predicted molar refractivity (Wildman–Crippen MR) is 89.3 cm³/mol. The van der Waals surface area contributed by atoms with Gasteiger partial charge in [0.2, 0.25) is 0 Å². The number of aryl methyl sites for hydroxylation is 1. The Hall–Kier alpha value is -2.30. The third kappa shape index (κ3) is 4.12. The summed E-state index contributed by atoms with van der Waals surface area (Å²) in [6.45, 7) is 4.87. The van der Waals surface area contributed by atoms with Crippen LogP contribution in [0.25, 0.3) is 6.08 Å². The van der Waals surface area contributed by atoms with Crippen LogP contribution in [-0.4, -0.2) is 38.7 Å². The van der Waals surface area contributed by atoms with Crippen LogP contribution in [0.15, 0.2) is 23.8 Å². The number of hydrogen-bond donors (Lipinski definition) is 0. The molecule has 1 aromatic rings. The predicted octanol–water partition coefficient (Wildman–Crippen LogP) is 2.58. The van der Waals surface area contributed by atoms with Gasteiger partial charge in [-0.15, -0.1) is 0 Å². The Labute approximate surface area is 136 Å². The largest absolute Gasteiger partial charge is 0.462 e. The van der Waals surface area contributed by atoms with Crippen LogP contribution in [0.1, 0.15) is 31.4 Å². The van der Waals surface area contributed by atoms with Crippen molar-refractivity contribution in [2.75, 3.05) is 31.7 Å². The number of rotatable bonds is 5. The summed E-state index contributed by atoms with van der Waals surface area (Å²) in [4.78, 5) is 26.2. The second kappa shape index (κ2) is 7.81. The van der Waals surface area contributed by atoms with E-state index >= 15 is 0 Å². The first-order valence-electron chi connectivity index (χ1n) is 7.96. The van der Waals surface area contributed by atoms with Crippen molar-refractivity contribution in [3.63, 3.8) is 0 Å². The minimum Gasteiger partial charge on any atom is -0.462 e. The molecular weight excluding hydrogens is 294 g/mol. The molecule has 0 N–H and O–H groups in total. The van der Waals surface area contributed by atoms with Gasteiger partial charge in [0.15, 0.2) is 0 Å². The highest BCUT2D eigenvalue weighted by Crippen LogP contribution is 2.27. The molecule has 1 aliphatic rings. The number of nitrogens with zero attached hydrogens (tertiary/aromatic N) is 1. The topological polar surface area (TPSA) is 55.8 Å². The molecule has 2 rings (SSSR count). The number of carbonyl (C=O) groups is 2. The molecule has 1 aromatic carbocycles. The van der Waals surface area contributed by atoms with Crippen molar-refractivity contribution in [1.82, 2.24) is 0 Å². The van der Waals surface area contributed by atoms with Crippen molar-refractivity contribution in [3.05, 3.63) is 34.9 Å². The van der Waals surface area contributed by atoms with Gasteiger partial charge in [-0.25, -0.2) is 9.59 Å². The lowest BCUT2D eigenvalue weighted by Crippen LogP contribution is -2.24. The van der Waals surface area contributed by atoms with E-state index in [4.69, 9.17) is 9.47 Å². The van der Waals surface area contributed by atoms with Gasteiger partial charge in [-0.05, 0) is 56.0 Å². The number of hydrogen-bond acceptors (Lipinski definition) is 5. The monoisotopic (exact) mass is 317 g/mol. The Kier molecular flexibility index (Phi) is 5.79. The van der Waals surface area contributed by atoms with Crippen LogP contribution in [0, 0.1) is 0 Å². The number of fused-ring (bicyclic) bond motifs is 1. The summed E-state index contributed by atoms with van der Waals surface area (Å²) in [5.74, 6) is -1.30. The second-order valence-corrected chi connectivity index (χ2v) is 5.41. The first-order valence-corrected chi connectivity index (χ1v) is 7.96. The van der Waals surface area contributed by atoms with Crippen molar-refractivity contribution in [1.29, 1.82) is 0 Å². The Bertz CT molecular complexity index is 601. The van der Waals surface area contributed by atoms with Crippen LogP contribution in [0.5, 0.6) is 0 Å². The molecule has 0 atom stereocenters. The fraction of sp³-hybridized carbons (Fsp3) is 0.444. The quantitative estimate of drug-likeness (QED) is 0.361. The fourth-order valence-electron chi connectivity index (χ4n) is 2.68. The van der Waals surface area contributed by atoms with E-state index in [1.165, 1.54) is 11.3 Å². The Balaban J connectivity index is 2.34. The number of esters is 2. The summed E-state index contributed by atoms with van der Waals surface area (Å²) in [6.07, 6.45) is 3.64. The summed E-state index contributed by atoms with van der Waals surface area (Å²) < 4.78 is 9.91. The minimum atomic E-state index is -0.652. The summed E-state index contributed by atoms with van der Waals surface area (Å²) in [5, 5.41) is 0. The van der Waals surface area contributed by atoms with Crippen molar-refractivity contribution in [3.8, 4) is 0 Å². The molecule has 0 unspecified atom stereocenters. The molecule has 0 amide bonds.